The van der Waals surface area contributed by atoms with Gasteiger partial charge < -0.3 is 20.2 Å². The number of likely N-dealkylation sites (N-methyl/N-ethyl adjacent to an activating group) is 1. The third-order valence-corrected chi connectivity index (χ3v) is 4.50. The summed E-state index contributed by atoms with van der Waals surface area (Å²) in [5.41, 5.74) is 1.60. The Morgan fingerprint density at radius 3 is 2.65 bits per heavy atom. The monoisotopic (exact) mass is 354 g/mol. The van der Waals surface area contributed by atoms with Crippen molar-refractivity contribution in [3.63, 3.8) is 0 Å². The SMILES string of the molecule is CC(C)N1c2nc(Nc3cccc(C(=O)O)c3)ccc2N(C)C(=O)[C@H]1C. The molecule has 0 saturated carbocycles. The highest BCUT2D eigenvalue weighted by molar-refractivity contribution is 6.04. The molecule has 2 aromatic rings. The molecular weight excluding hydrogens is 332 g/mol. The van der Waals surface area contributed by atoms with Gasteiger partial charge in [-0.3, -0.25) is 4.79 Å². The van der Waals surface area contributed by atoms with Crippen molar-refractivity contribution in [3.8, 4) is 0 Å². The number of benzene rings is 1. The number of amides is 1. The highest BCUT2D eigenvalue weighted by Gasteiger charge is 2.36. The van der Waals surface area contributed by atoms with Crippen molar-refractivity contribution >= 4 is 34.9 Å². The smallest absolute Gasteiger partial charge is 0.335 e. The van der Waals surface area contributed by atoms with Gasteiger partial charge in [0.25, 0.3) is 0 Å². The Hall–Kier alpha value is -3.09. The number of nitrogens with zero attached hydrogens (tertiary/aromatic N) is 3. The van der Waals surface area contributed by atoms with E-state index in [1.165, 1.54) is 6.07 Å². The van der Waals surface area contributed by atoms with Crippen LogP contribution in [0.1, 0.15) is 31.1 Å². The molecule has 1 amide bonds. The maximum absolute atomic E-state index is 12.5. The minimum atomic E-state index is -0.980. The fourth-order valence-electron chi connectivity index (χ4n) is 3.23. The van der Waals surface area contributed by atoms with E-state index < -0.39 is 5.97 Å². The van der Waals surface area contributed by atoms with Crippen LogP contribution in [0.3, 0.4) is 0 Å². The molecule has 7 heteroatoms. The summed E-state index contributed by atoms with van der Waals surface area (Å²) < 4.78 is 0. The third-order valence-electron chi connectivity index (χ3n) is 4.50. The first kappa shape index (κ1) is 17.7. The molecule has 1 aromatic carbocycles. The van der Waals surface area contributed by atoms with Crippen LogP contribution in [0.2, 0.25) is 0 Å². The summed E-state index contributed by atoms with van der Waals surface area (Å²) in [5, 5.41) is 12.3. The number of carboxylic acid groups (broad SMARTS) is 1. The fourth-order valence-corrected chi connectivity index (χ4v) is 3.23. The lowest BCUT2D eigenvalue weighted by Gasteiger charge is -2.41. The Balaban J connectivity index is 1.98. The van der Waals surface area contributed by atoms with Crippen LogP contribution in [0.4, 0.5) is 23.0 Å². The topological polar surface area (TPSA) is 85.8 Å². The number of carboxylic acids is 1. The number of aromatic carboxylic acids is 1. The van der Waals surface area contributed by atoms with Crippen molar-refractivity contribution in [2.45, 2.75) is 32.9 Å². The summed E-state index contributed by atoms with van der Waals surface area (Å²) in [6.45, 7) is 5.92. The molecule has 0 aliphatic carbocycles. The first-order valence-corrected chi connectivity index (χ1v) is 8.47. The zero-order chi connectivity index (χ0) is 19.0. The number of pyridine rings is 1. The molecule has 0 radical (unpaired) electrons. The van der Waals surface area contributed by atoms with Crippen LogP contribution in [-0.4, -0.2) is 41.1 Å². The van der Waals surface area contributed by atoms with Crippen LogP contribution in [-0.2, 0) is 4.79 Å². The average molecular weight is 354 g/mol. The quantitative estimate of drug-likeness (QED) is 0.877. The van der Waals surface area contributed by atoms with Crippen molar-refractivity contribution in [1.82, 2.24) is 4.98 Å². The molecule has 2 N–H and O–H groups in total. The van der Waals surface area contributed by atoms with Gasteiger partial charge in [0, 0.05) is 18.8 Å². The third kappa shape index (κ3) is 3.08. The van der Waals surface area contributed by atoms with Crippen LogP contribution < -0.4 is 15.1 Å². The van der Waals surface area contributed by atoms with Crippen molar-refractivity contribution in [2.75, 3.05) is 22.2 Å². The van der Waals surface area contributed by atoms with Gasteiger partial charge in [-0.15, -0.1) is 0 Å². The minimum Gasteiger partial charge on any atom is -0.478 e. The molecular formula is C19H22N4O3. The van der Waals surface area contributed by atoms with Gasteiger partial charge in [-0.2, -0.15) is 0 Å². The lowest BCUT2D eigenvalue weighted by atomic mass is 10.1. The summed E-state index contributed by atoms with van der Waals surface area (Å²) in [4.78, 5) is 31.9. The van der Waals surface area contributed by atoms with Gasteiger partial charge in [0.05, 0.1) is 11.3 Å². The molecule has 0 saturated heterocycles. The summed E-state index contributed by atoms with van der Waals surface area (Å²) in [7, 11) is 1.75. The average Bonchev–Trinajstić information content (AvgIpc) is 2.60. The molecule has 3 rings (SSSR count). The second-order valence-electron chi connectivity index (χ2n) is 6.62. The van der Waals surface area contributed by atoms with E-state index in [4.69, 9.17) is 10.1 Å². The largest absolute Gasteiger partial charge is 0.478 e. The Kier molecular flexibility index (Phi) is 4.54. The number of anilines is 4. The predicted octanol–water partition coefficient (Wildman–Crippen LogP) is 3.10. The first-order valence-electron chi connectivity index (χ1n) is 8.47. The summed E-state index contributed by atoms with van der Waals surface area (Å²) in [5.74, 6) is 0.371. The van der Waals surface area contributed by atoms with Gasteiger partial charge in [0.1, 0.15) is 11.9 Å². The van der Waals surface area contributed by atoms with E-state index in [0.29, 0.717) is 11.5 Å². The molecule has 1 aromatic heterocycles. The van der Waals surface area contributed by atoms with E-state index in [1.54, 1.807) is 36.2 Å². The molecule has 26 heavy (non-hydrogen) atoms. The van der Waals surface area contributed by atoms with Gasteiger partial charge in [0.2, 0.25) is 5.91 Å². The van der Waals surface area contributed by atoms with Gasteiger partial charge in [-0.05, 0) is 51.1 Å². The van der Waals surface area contributed by atoms with Crippen molar-refractivity contribution in [1.29, 1.82) is 0 Å². The number of carbonyl (C=O) groups is 2. The number of hydrogen-bond acceptors (Lipinski definition) is 5. The van der Waals surface area contributed by atoms with Gasteiger partial charge in [0.15, 0.2) is 5.82 Å². The second-order valence-corrected chi connectivity index (χ2v) is 6.62. The first-order chi connectivity index (χ1) is 12.3. The number of rotatable bonds is 4. The lowest BCUT2D eigenvalue weighted by molar-refractivity contribution is -0.119. The molecule has 1 aliphatic heterocycles. The molecule has 7 nitrogen and oxygen atoms in total. The number of fused-ring (bicyclic) bond motifs is 1. The van der Waals surface area contributed by atoms with Gasteiger partial charge in [-0.1, -0.05) is 6.07 Å². The standard InChI is InChI=1S/C19H22N4O3/c1-11(2)23-12(3)18(24)22(4)15-8-9-16(21-17(15)23)20-14-7-5-6-13(10-14)19(25)26/h5-12H,1-4H3,(H,20,21)(H,25,26)/t12-/m1/s1. The number of hydrogen-bond donors (Lipinski definition) is 2. The maximum atomic E-state index is 12.5. The van der Waals surface area contributed by atoms with E-state index in [9.17, 15) is 9.59 Å². The Morgan fingerprint density at radius 1 is 1.27 bits per heavy atom. The minimum absolute atomic E-state index is 0.0304. The molecule has 2 heterocycles. The van der Waals surface area contributed by atoms with E-state index in [2.05, 4.69) is 5.32 Å². The molecule has 1 atom stereocenters. The maximum Gasteiger partial charge on any atom is 0.335 e. The van der Waals surface area contributed by atoms with E-state index in [1.807, 2.05) is 31.7 Å². The predicted molar refractivity (Wildman–Crippen MR) is 101 cm³/mol. The highest BCUT2D eigenvalue weighted by atomic mass is 16.4. The van der Waals surface area contributed by atoms with Crippen molar-refractivity contribution in [3.05, 3.63) is 42.0 Å². The number of aromatic nitrogens is 1. The van der Waals surface area contributed by atoms with Gasteiger partial charge >= 0.3 is 5.97 Å². The fraction of sp³-hybridized carbons (Fsp3) is 0.316. The molecule has 0 unspecified atom stereocenters. The van der Waals surface area contributed by atoms with Crippen LogP contribution >= 0.6 is 0 Å². The van der Waals surface area contributed by atoms with Crippen LogP contribution in [0, 0.1) is 0 Å². The van der Waals surface area contributed by atoms with Crippen molar-refractivity contribution < 1.29 is 14.7 Å². The number of carbonyl (C=O) groups excluding carboxylic acids is 1. The van der Waals surface area contributed by atoms with E-state index in [0.717, 1.165) is 11.5 Å². The molecule has 0 spiro atoms. The van der Waals surface area contributed by atoms with Gasteiger partial charge in [-0.25, -0.2) is 9.78 Å². The Bertz CT molecular complexity index is 866. The van der Waals surface area contributed by atoms with Crippen LogP contribution in [0.25, 0.3) is 0 Å². The lowest BCUT2D eigenvalue weighted by Crippen LogP contribution is -2.53. The Labute approximate surface area is 152 Å². The molecule has 136 valence electrons. The zero-order valence-corrected chi connectivity index (χ0v) is 15.2. The summed E-state index contributed by atoms with van der Waals surface area (Å²) in [6.07, 6.45) is 0. The second kappa shape index (κ2) is 6.67. The van der Waals surface area contributed by atoms with E-state index in [-0.39, 0.29) is 23.6 Å². The number of nitrogens with one attached hydrogen (secondary N) is 1. The molecule has 0 bridgehead atoms. The van der Waals surface area contributed by atoms with E-state index >= 15 is 0 Å². The zero-order valence-electron chi connectivity index (χ0n) is 15.2. The van der Waals surface area contributed by atoms with Crippen LogP contribution in [0.15, 0.2) is 36.4 Å². The highest BCUT2D eigenvalue weighted by Crippen LogP contribution is 2.36. The Morgan fingerprint density at radius 2 is 2.00 bits per heavy atom. The molecule has 0 fully saturated rings. The van der Waals surface area contributed by atoms with Crippen molar-refractivity contribution in [2.24, 2.45) is 0 Å². The summed E-state index contributed by atoms with van der Waals surface area (Å²) in [6, 6.07) is 10.0. The molecule has 1 aliphatic rings. The van der Waals surface area contributed by atoms with Crippen LogP contribution in [0.5, 0.6) is 0 Å². The normalized spacial score (nSPS) is 16.7. The summed E-state index contributed by atoms with van der Waals surface area (Å²) >= 11 is 0.